The van der Waals surface area contributed by atoms with Crippen LogP contribution < -0.4 is 4.74 Å². The third-order valence-corrected chi connectivity index (χ3v) is 3.41. The molecule has 2 rings (SSSR count). The summed E-state index contributed by atoms with van der Waals surface area (Å²) in [6.07, 6.45) is 2.14. The first-order valence-corrected chi connectivity index (χ1v) is 5.51. The zero-order valence-corrected chi connectivity index (χ0v) is 9.62. The second-order valence-corrected chi connectivity index (χ2v) is 4.29. The summed E-state index contributed by atoms with van der Waals surface area (Å²) in [5.74, 6) is 0.359. The van der Waals surface area contributed by atoms with Crippen LogP contribution in [0, 0.1) is 6.92 Å². The lowest BCUT2D eigenvalue weighted by atomic mass is 9.96. The van der Waals surface area contributed by atoms with Gasteiger partial charge in [-0.2, -0.15) is 0 Å². The molecule has 0 aromatic heterocycles. The number of ether oxygens (including phenoxy) is 1. The molecule has 0 aliphatic heterocycles. The quantitative estimate of drug-likeness (QED) is 0.851. The Hall–Kier alpha value is -1.51. The van der Waals surface area contributed by atoms with Crippen molar-refractivity contribution < 1.29 is 14.6 Å². The van der Waals surface area contributed by atoms with E-state index in [-0.39, 0.29) is 12.3 Å². The summed E-state index contributed by atoms with van der Waals surface area (Å²) in [6.45, 7) is 2.04. The highest BCUT2D eigenvalue weighted by molar-refractivity contribution is 5.68. The molecule has 3 heteroatoms. The molecular weight excluding hydrogens is 204 g/mol. The van der Waals surface area contributed by atoms with Gasteiger partial charge in [0.05, 0.1) is 13.5 Å². The average molecular weight is 220 g/mol. The summed E-state index contributed by atoms with van der Waals surface area (Å²) in [6, 6.07) is 3.95. The number of hydrogen-bond acceptors (Lipinski definition) is 2. The molecule has 0 amide bonds. The van der Waals surface area contributed by atoms with E-state index < -0.39 is 5.97 Å². The van der Waals surface area contributed by atoms with E-state index in [0.717, 1.165) is 24.2 Å². The minimum absolute atomic E-state index is 0.178. The molecule has 0 saturated heterocycles. The second-order valence-electron chi connectivity index (χ2n) is 4.29. The molecule has 0 spiro atoms. The van der Waals surface area contributed by atoms with Crippen LogP contribution >= 0.6 is 0 Å². The predicted octanol–water partition coefficient (Wildman–Crippen LogP) is 2.51. The molecule has 1 atom stereocenters. The van der Waals surface area contributed by atoms with Gasteiger partial charge in [-0.05, 0) is 48.4 Å². The molecular formula is C13H16O3. The fraction of sp³-hybridized carbons (Fsp3) is 0.462. The van der Waals surface area contributed by atoms with E-state index >= 15 is 0 Å². The number of carbonyl (C=O) groups is 1. The molecule has 0 fully saturated rings. The largest absolute Gasteiger partial charge is 0.496 e. The number of rotatable bonds is 3. The summed E-state index contributed by atoms with van der Waals surface area (Å²) in [7, 11) is 1.67. The highest BCUT2D eigenvalue weighted by Gasteiger charge is 2.26. The molecule has 1 aromatic rings. The number of hydrogen-bond donors (Lipinski definition) is 1. The molecule has 1 aliphatic carbocycles. The van der Waals surface area contributed by atoms with Crippen LogP contribution in [0.1, 0.15) is 35.4 Å². The minimum Gasteiger partial charge on any atom is -0.496 e. The van der Waals surface area contributed by atoms with Crippen LogP contribution in [-0.4, -0.2) is 18.2 Å². The van der Waals surface area contributed by atoms with Crippen molar-refractivity contribution in [3.05, 3.63) is 28.8 Å². The van der Waals surface area contributed by atoms with Crippen molar-refractivity contribution >= 4 is 5.97 Å². The number of methoxy groups -OCH3 is 1. The van der Waals surface area contributed by atoms with Crippen LogP contribution in [0.2, 0.25) is 0 Å². The molecule has 0 saturated carbocycles. The van der Waals surface area contributed by atoms with Crippen molar-refractivity contribution in [2.24, 2.45) is 0 Å². The maximum atomic E-state index is 10.7. The van der Waals surface area contributed by atoms with Gasteiger partial charge >= 0.3 is 5.97 Å². The lowest BCUT2D eigenvalue weighted by Crippen LogP contribution is -2.03. The lowest BCUT2D eigenvalue weighted by molar-refractivity contribution is -0.137. The van der Waals surface area contributed by atoms with Crippen molar-refractivity contribution in [1.82, 2.24) is 0 Å². The van der Waals surface area contributed by atoms with Crippen LogP contribution in [0.4, 0.5) is 0 Å². The van der Waals surface area contributed by atoms with Gasteiger partial charge in [0.15, 0.2) is 0 Å². The van der Waals surface area contributed by atoms with E-state index in [1.807, 2.05) is 19.1 Å². The van der Waals surface area contributed by atoms with Gasteiger partial charge in [-0.15, -0.1) is 0 Å². The maximum Gasteiger partial charge on any atom is 0.303 e. The van der Waals surface area contributed by atoms with Gasteiger partial charge in [0, 0.05) is 0 Å². The van der Waals surface area contributed by atoms with Gasteiger partial charge in [-0.1, -0.05) is 6.07 Å². The first kappa shape index (κ1) is 11.0. The zero-order valence-electron chi connectivity index (χ0n) is 9.62. The van der Waals surface area contributed by atoms with E-state index in [2.05, 4.69) is 0 Å². The van der Waals surface area contributed by atoms with Gasteiger partial charge in [0.25, 0.3) is 0 Å². The van der Waals surface area contributed by atoms with E-state index in [1.54, 1.807) is 7.11 Å². The summed E-state index contributed by atoms with van der Waals surface area (Å²) in [5.41, 5.74) is 3.64. The Morgan fingerprint density at radius 3 is 2.94 bits per heavy atom. The van der Waals surface area contributed by atoms with Gasteiger partial charge in [-0.3, -0.25) is 4.79 Å². The zero-order chi connectivity index (χ0) is 11.7. The summed E-state index contributed by atoms with van der Waals surface area (Å²) in [5, 5.41) is 8.84. The van der Waals surface area contributed by atoms with Crippen molar-refractivity contribution in [1.29, 1.82) is 0 Å². The van der Waals surface area contributed by atoms with Crippen LogP contribution in [0.3, 0.4) is 0 Å². The molecule has 0 unspecified atom stereocenters. The Morgan fingerprint density at radius 2 is 2.31 bits per heavy atom. The van der Waals surface area contributed by atoms with E-state index in [1.165, 1.54) is 11.1 Å². The van der Waals surface area contributed by atoms with Gasteiger partial charge in [-0.25, -0.2) is 0 Å². The normalized spacial score (nSPS) is 18.2. The van der Waals surface area contributed by atoms with Crippen LogP contribution in [0.15, 0.2) is 12.1 Å². The number of aliphatic carboxylic acids is 1. The predicted molar refractivity (Wildman–Crippen MR) is 61.0 cm³/mol. The molecule has 3 nitrogen and oxygen atoms in total. The standard InChI is InChI=1S/C13H16O3/c1-8-10-4-3-9(7-13(14)15)11(10)5-6-12(8)16-2/h5-6,9H,3-4,7H2,1-2H3,(H,14,15)/t9-/m1/s1. The van der Waals surface area contributed by atoms with E-state index in [4.69, 9.17) is 9.84 Å². The summed E-state index contributed by atoms with van der Waals surface area (Å²) in [4.78, 5) is 10.7. The third-order valence-electron chi connectivity index (χ3n) is 3.41. The summed E-state index contributed by atoms with van der Waals surface area (Å²) < 4.78 is 5.27. The number of benzene rings is 1. The van der Waals surface area contributed by atoms with Crippen LogP contribution in [0.5, 0.6) is 5.75 Å². The number of fused-ring (bicyclic) bond motifs is 1. The van der Waals surface area contributed by atoms with Crippen LogP contribution in [-0.2, 0) is 11.2 Å². The average Bonchev–Trinajstić information content (AvgIpc) is 2.62. The fourth-order valence-electron chi connectivity index (χ4n) is 2.59. The smallest absolute Gasteiger partial charge is 0.303 e. The minimum atomic E-state index is -0.716. The molecule has 86 valence electrons. The first-order chi connectivity index (χ1) is 7.63. The van der Waals surface area contributed by atoms with Crippen molar-refractivity contribution in [2.45, 2.75) is 32.1 Å². The Labute approximate surface area is 95.0 Å². The van der Waals surface area contributed by atoms with Crippen molar-refractivity contribution in [2.75, 3.05) is 7.11 Å². The van der Waals surface area contributed by atoms with Crippen LogP contribution in [0.25, 0.3) is 0 Å². The van der Waals surface area contributed by atoms with Crippen molar-refractivity contribution in [3.8, 4) is 5.75 Å². The first-order valence-electron chi connectivity index (χ1n) is 5.51. The molecule has 1 N–H and O–H groups in total. The number of carboxylic acids is 1. The highest BCUT2D eigenvalue weighted by Crippen LogP contribution is 2.39. The maximum absolute atomic E-state index is 10.7. The molecule has 0 bridgehead atoms. The Balaban J connectivity index is 2.35. The highest BCUT2D eigenvalue weighted by atomic mass is 16.5. The SMILES string of the molecule is COc1ccc2c(c1C)CC[C@@H]2CC(=O)O. The van der Waals surface area contributed by atoms with E-state index in [9.17, 15) is 4.79 Å². The Kier molecular flexibility index (Phi) is 2.86. The molecule has 1 aliphatic rings. The Morgan fingerprint density at radius 1 is 1.56 bits per heavy atom. The third kappa shape index (κ3) is 1.77. The molecule has 0 radical (unpaired) electrons. The molecule has 1 aromatic carbocycles. The van der Waals surface area contributed by atoms with Gasteiger partial charge in [0.1, 0.15) is 5.75 Å². The monoisotopic (exact) mass is 220 g/mol. The molecule has 16 heavy (non-hydrogen) atoms. The van der Waals surface area contributed by atoms with Gasteiger partial charge in [0.2, 0.25) is 0 Å². The topological polar surface area (TPSA) is 46.5 Å². The fourth-order valence-corrected chi connectivity index (χ4v) is 2.59. The van der Waals surface area contributed by atoms with Crippen molar-refractivity contribution in [3.63, 3.8) is 0 Å². The molecule has 0 heterocycles. The second kappa shape index (κ2) is 4.16. The lowest BCUT2D eigenvalue weighted by Gasteiger charge is -2.12. The van der Waals surface area contributed by atoms with Gasteiger partial charge < -0.3 is 9.84 Å². The van der Waals surface area contributed by atoms with E-state index in [0.29, 0.717) is 0 Å². The number of carboxylic acid groups (broad SMARTS) is 1. The Bertz CT molecular complexity index is 423. The summed E-state index contributed by atoms with van der Waals surface area (Å²) >= 11 is 0.